The zero-order chi connectivity index (χ0) is 28.5. The lowest BCUT2D eigenvalue weighted by Crippen LogP contribution is -2.56. The number of alkyl halides is 2. The van der Waals surface area contributed by atoms with Gasteiger partial charge in [0.1, 0.15) is 11.6 Å². The van der Waals surface area contributed by atoms with Crippen LogP contribution in [0.5, 0.6) is 0 Å². The van der Waals surface area contributed by atoms with Gasteiger partial charge in [-0.15, -0.1) is 0 Å². The van der Waals surface area contributed by atoms with E-state index in [0.717, 1.165) is 39.9 Å². The summed E-state index contributed by atoms with van der Waals surface area (Å²) in [5.41, 5.74) is 10.4. The zero-order valence-electron chi connectivity index (χ0n) is 23.4. The number of rotatable bonds is 3. The fourth-order valence-corrected chi connectivity index (χ4v) is 6.67. The van der Waals surface area contributed by atoms with Gasteiger partial charge in [-0.2, -0.15) is 0 Å². The monoisotopic (exact) mass is 515 g/mol. The van der Waals surface area contributed by atoms with Gasteiger partial charge in [-0.25, -0.2) is 23.7 Å². The number of aromatic nitrogens is 4. The normalized spacial score (nSPS) is 26.1. The Morgan fingerprint density at radius 3 is 2.58 bits per heavy atom. The van der Waals surface area contributed by atoms with Gasteiger partial charge in [0.05, 0.1) is 28.7 Å². The van der Waals surface area contributed by atoms with Crippen molar-refractivity contribution in [2.75, 3.05) is 6.98 Å². The van der Waals surface area contributed by atoms with E-state index in [-0.39, 0.29) is 11.9 Å². The topological polar surface area (TPSA) is 89.9 Å². The first-order valence-electron chi connectivity index (χ1n) is 14.4. The molecule has 0 saturated heterocycles. The summed E-state index contributed by atoms with van der Waals surface area (Å²) >= 11 is 0. The maximum absolute atomic E-state index is 13.8. The van der Waals surface area contributed by atoms with Crippen LogP contribution >= 0.6 is 0 Å². The number of carbonyl (C=O) groups is 1. The first-order chi connectivity index (χ1) is 19.4. The first kappa shape index (κ1) is 19.4. The number of benzene rings is 2. The number of hydrogen-bond acceptors (Lipinski definition) is 5. The molecule has 9 heteroatoms. The molecule has 2 bridgehead atoms. The molecule has 2 aromatic carbocycles. The molecule has 192 valence electrons. The third-order valence-corrected chi connectivity index (χ3v) is 8.60. The molecular weight excluding hydrogens is 486 g/mol. The second-order valence-electron chi connectivity index (χ2n) is 11.2. The highest BCUT2D eigenvalue weighted by Crippen LogP contribution is 2.52. The molecule has 8 rings (SSSR count). The highest BCUT2D eigenvalue weighted by molar-refractivity contribution is 5.97. The summed E-state index contributed by atoms with van der Waals surface area (Å²) in [6.07, 6.45) is 4.76. The Hall–Kier alpha value is -3.72. The summed E-state index contributed by atoms with van der Waals surface area (Å²) in [7, 11) is 0. The Morgan fingerprint density at radius 1 is 1.08 bits per heavy atom. The van der Waals surface area contributed by atoms with Crippen molar-refractivity contribution < 1.29 is 17.7 Å². The molecule has 2 N–H and O–H groups in total. The number of halogens is 2. The minimum atomic E-state index is -2.79. The second kappa shape index (κ2) is 7.22. The summed E-state index contributed by atoms with van der Waals surface area (Å²) in [5.74, 6) is -2.15. The van der Waals surface area contributed by atoms with Crippen LogP contribution < -0.4 is 5.73 Å². The Labute approximate surface area is 221 Å². The molecule has 0 spiro atoms. The molecule has 2 fully saturated rings. The highest BCUT2D eigenvalue weighted by Gasteiger charge is 2.57. The van der Waals surface area contributed by atoms with Gasteiger partial charge in [0, 0.05) is 53.9 Å². The van der Waals surface area contributed by atoms with E-state index in [1.807, 2.05) is 24.3 Å². The van der Waals surface area contributed by atoms with E-state index in [2.05, 4.69) is 20.6 Å². The van der Waals surface area contributed by atoms with E-state index in [1.165, 1.54) is 0 Å². The van der Waals surface area contributed by atoms with E-state index in [1.54, 1.807) is 18.5 Å². The number of imidazole rings is 1. The van der Waals surface area contributed by atoms with Crippen LogP contribution in [-0.2, 0) is 5.54 Å². The Morgan fingerprint density at radius 2 is 1.87 bits per heavy atom. The molecular formula is C29H26F2N6O. The number of nitrogens with two attached hydrogens (primary N) is 1. The largest absolute Gasteiger partial charge is 0.331 e. The molecule has 4 aromatic rings. The molecule has 7 nitrogen and oxygen atoms in total. The van der Waals surface area contributed by atoms with Crippen molar-refractivity contribution in [3.8, 4) is 11.1 Å². The maximum atomic E-state index is 13.8. The zero-order valence-corrected chi connectivity index (χ0v) is 20.4. The van der Waals surface area contributed by atoms with Crippen molar-refractivity contribution in [2.45, 2.75) is 61.6 Å². The Bertz CT molecular complexity index is 1760. The van der Waals surface area contributed by atoms with Gasteiger partial charge in [0.25, 0.3) is 11.8 Å². The molecule has 1 amide bonds. The Kier molecular flexibility index (Phi) is 3.68. The van der Waals surface area contributed by atoms with Crippen LogP contribution in [0.1, 0.15) is 87.4 Å². The van der Waals surface area contributed by atoms with Crippen molar-refractivity contribution in [3.63, 3.8) is 0 Å². The Balaban J connectivity index is 1.26. The van der Waals surface area contributed by atoms with Gasteiger partial charge in [-0.3, -0.25) is 4.79 Å². The highest BCUT2D eigenvalue weighted by atomic mass is 19.3. The lowest BCUT2D eigenvalue weighted by atomic mass is 9.73. The SMILES string of the molecule is [2H]C([2H])([2H])N1C(=O)c2cccc(C3CC3)c2[C@H]2C[C@@H]1c1nc3ccc(-c4cnc(C5(N)CC(F)(F)C5)nc4)cc3n12. The average molecular weight is 516 g/mol. The van der Waals surface area contributed by atoms with Crippen molar-refractivity contribution >= 4 is 16.9 Å². The van der Waals surface area contributed by atoms with Crippen molar-refractivity contribution in [1.82, 2.24) is 24.4 Å². The van der Waals surface area contributed by atoms with Crippen molar-refractivity contribution in [2.24, 2.45) is 5.73 Å². The average Bonchev–Trinajstić information content (AvgIpc) is 3.62. The van der Waals surface area contributed by atoms with Crippen LogP contribution in [0.2, 0.25) is 0 Å². The molecule has 38 heavy (non-hydrogen) atoms. The molecule has 2 aromatic heterocycles. The first-order valence-corrected chi connectivity index (χ1v) is 12.9. The lowest BCUT2D eigenvalue weighted by molar-refractivity contribution is -0.127. The van der Waals surface area contributed by atoms with Crippen molar-refractivity contribution in [1.29, 1.82) is 0 Å². The molecule has 2 saturated carbocycles. The van der Waals surface area contributed by atoms with Gasteiger partial charge in [-0.1, -0.05) is 18.2 Å². The summed E-state index contributed by atoms with van der Waals surface area (Å²) < 4.78 is 53.8. The summed E-state index contributed by atoms with van der Waals surface area (Å²) in [5, 5.41) is 0. The number of amides is 1. The van der Waals surface area contributed by atoms with E-state index in [4.69, 9.17) is 14.8 Å². The van der Waals surface area contributed by atoms with Gasteiger partial charge in [-0.05, 0) is 53.6 Å². The predicted octanol–water partition coefficient (Wildman–Crippen LogP) is 5.07. The summed E-state index contributed by atoms with van der Waals surface area (Å²) in [4.78, 5) is 28.3. The maximum Gasteiger partial charge on any atom is 0.254 e. The molecule has 4 heterocycles. The minimum Gasteiger partial charge on any atom is -0.331 e. The molecule has 0 unspecified atom stereocenters. The fourth-order valence-electron chi connectivity index (χ4n) is 6.67. The molecule has 2 aliphatic heterocycles. The smallest absolute Gasteiger partial charge is 0.254 e. The van der Waals surface area contributed by atoms with Crippen LogP contribution in [0, 0.1) is 0 Å². The van der Waals surface area contributed by atoms with Crippen LogP contribution in [0.25, 0.3) is 22.2 Å². The van der Waals surface area contributed by atoms with E-state index < -0.39 is 43.2 Å². The van der Waals surface area contributed by atoms with E-state index >= 15 is 0 Å². The fraction of sp³-hybridized carbons (Fsp3) is 0.379. The predicted molar refractivity (Wildman–Crippen MR) is 137 cm³/mol. The third-order valence-electron chi connectivity index (χ3n) is 8.60. The lowest BCUT2D eigenvalue weighted by Gasteiger charge is -2.42. The van der Waals surface area contributed by atoms with Crippen LogP contribution in [0.3, 0.4) is 0 Å². The number of nitrogens with zero attached hydrogens (tertiary/aromatic N) is 5. The third kappa shape index (κ3) is 3.02. The number of carbonyl (C=O) groups excluding carboxylic acids is 1. The quantitative estimate of drug-likeness (QED) is 0.411. The van der Waals surface area contributed by atoms with Crippen LogP contribution in [-0.4, -0.2) is 43.2 Å². The number of fused-ring (bicyclic) bond motifs is 9. The summed E-state index contributed by atoms with van der Waals surface area (Å²) in [6, 6.07) is 10.4. The van der Waals surface area contributed by atoms with Gasteiger partial charge in [0.2, 0.25) is 0 Å². The van der Waals surface area contributed by atoms with Gasteiger partial charge < -0.3 is 15.2 Å². The van der Waals surface area contributed by atoms with Crippen LogP contribution in [0.15, 0.2) is 48.8 Å². The van der Waals surface area contributed by atoms with E-state index in [0.29, 0.717) is 34.8 Å². The molecule has 2 aliphatic carbocycles. The molecule has 4 aliphatic rings. The summed E-state index contributed by atoms with van der Waals surface area (Å²) in [6.45, 7) is -2.63. The van der Waals surface area contributed by atoms with Crippen LogP contribution in [0.4, 0.5) is 8.78 Å². The molecule has 0 radical (unpaired) electrons. The molecule has 2 atom stereocenters. The van der Waals surface area contributed by atoms with Crippen molar-refractivity contribution in [3.05, 3.63) is 77.1 Å². The standard InChI is InChI=1S/C29H26F2N6O/c1-36-23-10-22(24-18(15-5-6-15)3-2-4-19(24)26(36)38)37-21-9-16(7-8-20(21)35-25(23)37)17-11-33-27(34-12-17)28(32)13-29(30,31)14-28/h2-4,7-9,11-12,15,22-23H,5-6,10,13-14,32H2,1H3/t22-,23-/m1/s1/i1D3. The number of hydrogen-bond donors (Lipinski definition) is 1. The van der Waals surface area contributed by atoms with Gasteiger partial charge >= 0.3 is 0 Å². The minimum absolute atomic E-state index is 0.196. The van der Waals surface area contributed by atoms with Gasteiger partial charge in [0.15, 0.2) is 0 Å². The van der Waals surface area contributed by atoms with E-state index in [9.17, 15) is 13.6 Å². The second-order valence-corrected chi connectivity index (χ2v) is 11.2.